The smallest absolute Gasteiger partial charge is 0.301 e. The van der Waals surface area contributed by atoms with Crippen molar-refractivity contribution in [2.24, 2.45) is 0 Å². The van der Waals surface area contributed by atoms with Crippen LogP contribution in [-0.2, 0) is 16.8 Å². The maximum atomic E-state index is 12.2. The highest BCUT2D eigenvalue weighted by Crippen LogP contribution is 2.17. The van der Waals surface area contributed by atoms with E-state index in [0.29, 0.717) is 18.8 Å². The van der Waals surface area contributed by atoms with Crippen molar-refractivity contribution in [2.75, 3.05) is 24.4 Å². The van der Waals surface area contributed by atoms with Crippen molar-refractivity contribution in [3.05, 3.63) is 29.8 Å². The Kier molecular flexibility index (Phi) is 5.39. The van der Waals surface area contributed by atoms with Gasteiger partial charge in [-0.3, -0.25) is 4.72 Å². The van der Waals surface area contributed by atoms with Gasteiger partial charge in [-0.15, -0.1) is 0 Å². The summed E-state index contributed by atoms with van der Waals surface area (Å²) in [5.41, 5.74) is 1.72. The Balaban J connectivity index is 2.00. The van der Waals surface area contributed by atoms with Crippen LogP contribution in [0.4, 0.5) is 5.69 Å². The van der Waals surface area contributed by atoms with Crippen LogP contribution in [0.25, 0.3) is 0 Å². The number of hydrogen-bond acceptors (Lipinski definition) is 3. The van der Waals surface area contributed by atoms with Crippen molar-refractivity contribution in [2.45, 2.75) is 32.7 Å². The summed E-state index contributed by atoms with van der Waals surface area (Å²) < 4.78 is 28.5. The first-order valence-electron chi connectivity index (χ1n) is 7.19. The van der Waals surface area contributed by atoms with Gasteiger partial charge in [0.05, 0.1) is 5.69 Å². The highest BCUT2D eigenvalue weighted by Gasteiger charge is 2.24. The van der Waals surface area contributed by atoms with Crippen LogP contribution in [0, 0.1) is 0 Å². The van der Waals surface area contributed by atoms with Gasteiger partial charge in [-0.05, 0) is 43.5 Å². The highest BCUT2D eigenvalue weighted by atomic mass is 32.2. The minimum absolute atomic E-state index is 0.618. The van der Waals surface area contributed by atoms with Gasteiger partial charge < -0.3 is 5.32 Å². The summed E-state index contributed by atoms with van der Waals surface area (Å²) in [6.07, 6.45) is 2.98. The molecule has 1 aliphatic heterocycles. The molecule has 0 saturated carbocycles. The van der Waals surface area contributed by atoms with Crippen molar-refractivity contribution in [3.63, 3.8) is 0 Å². The van der Waals surface area contributed by atoms with Crippen LogP contribution < -0.4 is 10.0 Å². The molecule has 0 unspecified atom stereocenters. The van der Waals surface area contributed by atoms with Gasteiger partial charge in [0.25, 0.3) is 0 Å². The summed E-state index contributed by atoms with van der Waals surface area (Å²) in [6.45, 7) is 5.07. The summed E-state index contributed by atoms with van der Waals surface area (Å²) >= 11 is 0. The lowest BCUT2D eigenvalue weighted by Gasteiger charge is -2.17. The van der Waals surface area contributed by atoms with E-state index in [0.717, 1.165) is 37.9 Å². The first kappa shape index (κ1) is 15.3. The fourth-order valence-electron chi connectivity index (χ4n) is 2.30. The maximum Gasteiger partial charge on any atom is 0.301 e. The summed E-state index contributed by atoms with van der Waals surface area (Å²) in [5.74, 6) is 0. The minimum atomic E-state index is -3.39. The lowest BCUT2D eigenvalue weighted by atomic mass is 10.2. The molecule has 5 nitrogen and oxygen atoms in total. The van der Waals surface area contributed by atoms with Gasteiger partial charge in [0.2, 0.25) is 0 Å². The molecule has 0 spiro atoms. The molecule has 6 heteroatoms. The van der Waals surface area contributed by atoms with Crippen molar-refractivity contribution < 1.29 is 8.42 Å². The number of benzene rings is 1. The topological polar surface area (TPSA) is 61.4 Å². The Morgan fingerprint density at radius 3 is 2.70 bits per heavy atom. The van der Waals surface area contributed by atoms with Crippen molar-refractivity contribution >= 4 is 15.9 Å². The fraction of sp³-hybridized carbons (Fsp3) is 0.571. The second kappa shape index (κ2) is 7.06. The van der Waals surface area contributed by atoms with Crippen LogP contribution in [0.2, 0.25) is 0 Å². The Labute approximate surface area is 121 Å². The lowest BCUT2D eigenvalue weighted by Crippen LogP contribution is -2.33. The molecule has 0 aromatic heterocycles. The van der Waals surface area contributed by atoms with Gasteiger partial charge in [0.1, 0.15) is 0 Å². The van der Waals surface area contributed by atoms with Gasteiger partial charge >= 0.3 is 10.2 Å². The van der Waals surface area contributed by atoms with E-state index in [4.69, 9.17) is 0 Å². The van der Waals surface area contributed by atoms with E-state index in [1.807, 2.05) is 18.2 Å². The van der Waals surface area contributed by atoms with E-state index in [1.165, 1.54) is 4.31 Å². The normalized spacial score (nSPS) is 16.4. The molecule has 0 aliphatic carbocycles. The average Bonchev–Trinajstić information content (AvgIpc) is 2.94. The number of nitrogens with one attached hydrogen (secondary N) is 2. The predicted octanol–water partition coefficient (Wildman–Crippen LogP) is 1.94. The van der Waals surface area contributed by atoms with Crippen LogP contribution in [0.3, 0.4) is 0 Å². The van der Waals surface area contributed by atoms with E-state index in [-0.39, 0.29) is 0 Å². The van der Waals surface area contributed by atoms with Crippen molar-refractivity contribution in [1.82, 2.24) is 9.62 Å². The second-order valence-electron chi connectivity index (χ2n) is 5.09. The maximum absolute atomic E-state index is 12.2. The van der Waals surface area contributed by atoms with Crippen LogP contribution >= 0.6 is 0 Å². The minimum Gasteiger partial charge on any atom is -0.313 e. The van der Waals surface area contributed by atoms with Gasteiger partial charge in [0, 0.05) is 19.6 Å². The molecule has 112 valence electrons. The Morgan fingerprint density at radius 1 is 1.25 bits per heavy atom. The molecule has 1 saturated heterocycles. The monoisotopic (exact) mass is 297 g/mol. The molecule has 0 atom stereocenters. The fourth-order valence-corrected chi connectivity index (χ4v) is 3.59. The average molecular weight is 297 g/mol. The van der Waals surface area contributed by atoms with Crippen LogP contribution in [-0.4, -0.2) is 32.4 Å². The van der Waals surface area contributed by atoms with E-state index in [9.17, 15) is 8.42 Å². The Bertz CT molecular complexity index is 525. The number of hydrogen-bond donors (Lipinski definition) is 2. The second-order valence-corrected chi connectivity index (χ2v) is 6.76. The molecule has 0 amide bonds. The molecule has 2 N–H and O–H groups in total. The number of nitrogens with zero attached hydrogens (tertiary/aromatic N) is 1. The molecule has 0 radical (unpaired) electrons. The molecule has 1 heterocycles. The number of anilines is 1. The van der Waals surface area contributed by atoms with E-state index < -0.39 is 10.2 Å². The predicted molar refractivity (Wildman–Crippen MR) is 81.8 cm³/mol. The molecule has 1 fully saturated rings. The third kappa shape index (κ3) is 4.19. The van der Waals surface area contributed by atoms with Crippen molar-refractivity contribution in [3.8, 4) is 0 Å². The lowest BCUT2D eigenvalue weighted by molar-refractivity contribution is 0.482. The first-order chi connectivity index (χ1) is 9.62. The van der Waals surface area contributed by atoms with Crippen LogP contribution in [0.5, 0.6) is 0 Å². The SMILES string of the molecule is CCCNCc1cccc(NS(=O)(=O)N2CCCC2)c1. The van der Waals surface area contributed by atoms with Gasteiger partial charge in [-0.1, -0.05) is 19.1 Å². The quantitative estimate of drug-likeness (QED) is 0.756. The standard InChI is InChI=1S/C14H23N3O2S/c1-2-8-15-12-13-6-5-7-14(11-13)16-20(18,19)17-9-3-4-10-17/h5-7,11,15-16H,2-4,8-10,12H2,1H3. The molecular formula is C14H23N3O2S. The van der Waals surface area contributed by atoms with Gasteiger partial charge in [-0.2, -0.15) is 12.7 Å². The zero-order valence-electron chi connectivity index (χ0n) is 11.9. The molecular weight excluding hydrogens is 274 g/mol. The summed E-state index contributed by atoms with van der Waals surface area (Å²) in [4.78, 5) is 0. The molecule has 1 aromatic rings. The van der Waals surface area contributed by atoms with Crippen LogP contribution in [0.15, 0.2) is 24.3 Å². The largest absolute Gasteiger partial charge is 0.313 e. The van der Waals surface area contributed by atoms with E-state index in [1.54, 1.807) is 6.07 Å². The highest BCUT2D eigenvalue weighted by molar-refractivity contribution is 7.90. The molecule has 20 heavy (non-hydrogen) atoms. The molecule has 2 rings (SSSR count). The number of rotatable bonds is 7. The Hall–Kier alpha value is -1.11. The first-order valence-corrected chi connectivity index (χ1v) is 8.63. The van der Waals surface area contributed by atoms with Crippen LogP contribution in [0.1, 0.15) is 31.7 Å². The third-order valence-corrected chi connectivity index (χ3v) is 4.87. The summed E-state index contributed by atoms with van der Waals surface area (Å²) in [6, 6.07) is 7.55. The zero-order valence-corrected chi connectivity index (χ0v) is 12.7. The van der Waals surface area contributed by atoms with E-state index in [2.05, 4.69) is 17.0 Å². The third-order valence-electron chi connectivity index (χ3n) is 3.33. The van der Waals surface area contributed by atoms with E-state index >= 15 is 0 Å². The van der Waals surface area contributed by atoms with Gasteiger partial charge in [0.15, 0.2) is 0 Å². The van der Waals surface area contributed by atoms with Crippen molar-refractivity contribution in [1.29, 1.82) is 0 Å². The summed E-state index contributed by atoms with van der Waals surface area (Å²) in [7, 11) is -3.39. The zero-order chi connectivity index (χ0) is 14.4. The Morgan fingerprint density at radius 2 is 2.00 bits per heavy atom. The summed E-state index contributed by atoms with van der Waals surface area (Å²) in [5, 5.41) is 3.31. The molecule has 1 aliphatic rings. The molecule has 0 bridgehead atoms. The molecule has 1 aromatic carbocycles. The van der Waals surface area contributed by atoms with Gasteiger partial charge in [-0.25, -0.2) is 0 Å².